The molecule has 3 aromatic carbocycles. The highest BCUT2D eigenvalue weighted by Crippen LogP contribution is 2.42. The molecule has 6 heterocycles. The van der Waals surface area contributed by atoms with Gasteiger partial charge in [-0.2, -0.15) is 0 Å². The van der Waals surface area contributed by atoms with Gasteiger partial charge in [0.15, 0.2) is 5.76 Å². The highest BCUT2D eigenvalue weighted by Gasteiger charge is 2.39. The predicted molar refractivity (Wildman–Crippen MR) is 194 cm³/mol. The fourth-order valence-corrected chi connectivity index (χ4v) is 8.18. The first-order valence-electron chi connectivity index (χ1n) is 16.9. The quantitative estimate of drug-likeness (QED) is 0.203. The van der Waals surface area contributed by atoms with E-state index in [1.807, 2.05) is 10.5 Å². The standard InChI is InChI=1S/C38H31F3N6O5S/c1-42-38(48)35-25-13-24(31(45(2)53(3,49)50)15-33(25)52-37(35)22-8-7-19(39)11-27(22)41)28-9-10-29-36(44-28)32-14-23-26(40)5-4-6-30(23)47(32)34(43-29)17-46-16-21-12-20(46)18-51-21/h4-11,13-15,20-21H,12,16-18H2,1-3H3,(H,42,48). The molecule has 0 radical (unpaired) electrons. The van der Waals surface area contributed by atoms with Gasteiger partial charge in [-0.25, -0.2) is 31.6 Å². The number of ether oxygens (including phenoxy) is 1. The maximum Gasteiger partial charge on any atom is 0.255 e. The van der Waals surface area contributed by atoms with Crippen molar-refractivity contribution in [2.24, 2.45) is 0 Å². The van der Waals surface area contributed by atoms with Gasteiger partial charge < -0.3 is 14.5 Å². The Labute approximate surface area is 300 Å². The molecule has 7 aromatic rings. The Morgan fingerprint density at radius 2 is 1.81 bits per heavy atom. The molecule has 11 nitrogen and oxygen atoms in total. The number of fused-ring (bicyclic) bond motifs is 8. The molecule has 270 valence electrons. The number of carbonyl (C=O) groups excluding carboxylic acids is 1. The van der Waals surface area contributed by atoms with Crippen LogP contribution in [0, 0.1) is 17.5 Å². The first kappa shape index (κ1) is 33.3. The number of amides is 1. The van der Waals surface area contributed by atoms with Gasteiger partial charge in [0.1, 0.15) is 34.4 Å². The number of benzene rings is 3. The van der Waals surface area contributed by atoms with Crippen molar-refractivity contribution in [3.8, 4) is 22.6 Å². The number of pyridine rings is 1. The summed E-state index contributed by atoms with van der Waals surface area (Å²) in [5, 5.41) is 3.19. The maximum absolute atomic E-state index is 15.3. The van der Waals surface area contributed by atoms with Crippen LogP contribution < -0.4 is 9.62 Å². The number of anilines is 1. The summed E-state index contributed by atoms with van der Waals surface area (Å²) in [5.74, 6) is -2.21. The Morgan fingerprint density at radius 1 is 0.981 bits per heavy atom. The average Bonchev–Trinajstić information content (AvgIpc) is 3.92. The summed E-state index contributed by atoms with van der Waals surface area (Å²) in [7, 11) is -1.08. The summed E-state index contributed by atoms with van der Waals surface area (Å²) < 4.78 is 85.1. The number of aromatic nitrogens is 3. The molecule has 2 atom stereocenters. The maximum atomic E-state index is 15.3. The average molecular weight is 741 g/mol. The number of rotatable bonds is 7. The predicted octanol–water partition coefficient (Wildman–Crippen LogP) is 6.26. The van der Waals surface area contributed by atoms with Crippen LogP contribution >= 0.6 is 0 Å². The third-order valence-corrected chi connectivity index (χ3v) is 11.5. The highest BCUT2D eigenvalue weighted by molar-refractivity contribution is 7.92. The second-order valence-electron chi connectivity index (χ2n) is 13.5. The lowest BCUT2D eigenvalue weighted by atomic mass is 10.0. The molecular formula is C38H31F3N6O5S. The highest BCUT2D eigenvalue weighted by atomic mass is 32.2. The Kier molecular flexibility index (Phi) is 7.56. The van der Waals surface area contributed by atoms with Crippen LogP contribution in [0.4, 0.5) is 18.9 Å². The van der Waals surface area contributed by atoms with Crippen molar-refractivity contribution in [2.45, 2.75) is 25.1 Å². The molecule has 9 rings (SSSR count). The number of hydrogen-bond donors (Lipinski definition) is 1. The number of sulfonamides is 1. The molecule has 53 heavy (non-hydrogen) atoms. The van der Waals surface area contributed by atoms with Gasteiger partial charge in [0, 0.05) is 55.2 Å². The number of nitrogens with one attached hydrogen (secondary N) is 1. The molecular weight excluding hydrogens is 710 g/mol. The lowest BCUT2D eigenvalue weighted by Crippen LogP contribution is -2.37. The zero-order valence-electron chi connectivity index (χ0n) is 28.7. The van der Waals surface area contributed by atoms with Crippen LogP contribution in [0.2, 0.25) is 0 Å². The van der Waals surface area contributed by atoms with E-state index in [4.69, 9.17) is 19.1 Å². The minimum atomic E-state index is -3.85. The minimum absolute atomic E-state index is 0.0355. The van der Waals surface area contributed by atoms with E-state index in [2.05, 4.69) is 10.2 Å². The van der Waals surface area contributed by atoms with Crippen molar-refractivity contribution < 1.29 is 35.5 Å². The molecule has 2 unspecified atom stereocenters. The Morgan fingerprint density at radius 3 is 2.53 bits per heavy atom. The SMILES string of the molecule is CNC(=O)c1c(-c2ccc(F)cc2F)oc2cc(N(C)S(C)(=O)=O)c(-c3ccc4nc(CN5CC6CC5CO6)n5c6cccc(F)c6cc5c4n3)cc12. The summed E-state index contributed by atoms with van der Waals surface area (Å²) >= 11 is 0. The molecule has 15 heteroatoms. The van der Waals surface area contributed by atoms with Gasteiger partial charge >= 0.3 is 0 Å². The van der Waals surface area contributed by atoms with Crippen molar-refractivity contribution in [1.29, 1.82) is 0 Å². The van der Waals surface area contributed by atoms with Crippen molar-refractivity contribution in [1.82, 2.24) is 24.6 Å². The van der Waals surface area contributed by atoms with E-state index in [-0.39, 0.29) is 45.7 Å². The Balaban J connectivity index is 1.29. The van der Waals surface area contributed by atoms with E-state index in [1.54, 1.807) is 30.3 Å². The zero-order chi connectivity index (χ0) is 36.9. The molecule has 0 aliphatic carbocycles. The first-order valence-corrected chi connectivity index (χ1v) is 18.7. The number of furan rings is 1. The third kappa shape index (κ3) is 5.32. The summed E-state index contributed by atoms with van der Waals surface area (Å²) in [6, 6.07) is 16.3. The fraction of sp³-hybridized carbons (Fsp3) is 0.237. The number of hydrogen-bond acceptors (Lipinski definition) is 8. The summed E-state index contributed by atoms with van der Waals surface area (Å²) in [6.45, 7) is 1.94. The molecule has 2 fully saturated rings. The van der Waals surface area contributed by atoms with Crippen LogP contribution in [0.3, 0.4) is 0 Å². The van der Waals surface area contributed by atoms with Crippen LogP contribution in [0.1, 0.15) is 22.6 Å². The second kappa shape index (κ2) is 12.0. The van der Waals surface area contributed by atoms with Gasteiger partial charge in [0.2, 0.25) is 10.0 Å². The van der Waals surface area contributed by atoms with Gasteiger partial charge in [-0.05, 0) is 55.0 Å². The van der Waals surface area contributed by atoms with Crippen molar-refractivity contribution in [3.63, 3.8) is 0 Å². The lowest BCUT2D eigenvalue weighted by Gasteiger charge is -2.26. The van der Waals surface area contributed by atoms with Gasteiger partial charge in [-0.15, -0.1) is 0 Å². The minimum Gasteiger partial charge on any atom is -0.455 e. The number of morpholine rings is 1. The van der Waals surface area contributed by atoms with Crippen molar-refractivity contribution >= 4 is 60.0 Å². The largest absolute Gasteiger partial charge is 0.455 e. The number of nitrogens with zero attached hydrogens (tertiary/aromatic N) is 5. The monoisotopic (exact) mass is 740 g/mol. The van der Waals surface area contributed by atoms with E-state index in [1.165, 1.54) is 32.3 Å². The fourth-order valence-electron chi connectivity index (χ4n) is 7.67. The van der Waals surface area contributed by atoms with Gasteiger partial charge in [-0.1, -0.05) is 6.07 Å². The molecule has 4 aromatic heterocycles. The summed E-state index contributed by atoms with van der Waals surface area (Å²) in [6.07, 6.45) is 2.18. The van der Waals surface area contributed by atoms with Crippen LogP contribution in [0.15, 0.2) is 71.1 Å². The number of likely N-dealkylation sites (tertiary alicyclic amines) is 1. The molecule has 2 aliphatic heterocycles. The van der Waals surface area contributed by atoms with E-state index < -0.39 is 33.4 Å². The molecule has 1 N–H and O–H groups in total. The smallest absolute Gasteiger partial charge is 0.255 e. The lowest BCUT2D eigenvalue weighted by molar-refractivity contribution is 0.0262. The van der Waals surface area contributed by atoms with Gasteiger partial charge in [0.05, 0.1) is 64.6 Å². The van der Waals surface area contributed by atoms with Crippen LogP contribution in [-0.2, 0) is 21.3 Å². The summed E-state index contributed by atoms with van der Waals surface area (Å²) in [5.41, 5.74) is 2.90. The van der Waals surface area contributed by atoms with E-state index >= 15 is 8.78 Å². The van der Waals surface area contributed by atoms with Gasteiger partial charge in [0.25, 0.3) is 5.91 Å². The molecule has 2 saturated heterocycles. The van der Waals surface area contributed by atoms with E-state index in [0.717, 1.165) is 29.6 Å². The Hall–Kier alpha value is -5.51. The molecule has 1 amide bonds. The zero-order valence-corrected chi connectivity index (χ0v) is 29.5. The molecule has 2 aliphatic rings. The van der Waals surface area contributed by atoms with E-state index in [9.17, 15) is 17.6 Å². The Bertz CT molecular complexity index is 2800. The van der Waals surface area contributed by atoms with Crippen LogP contribution in [0.25, 0.3) is 61.0 Å². The normalized spacial score (nSPS) is 17.5. The van der Waals surface area contributed by atoms with E-state index in [0.29, 0.717) is 63.8 Å². The molecule has 0 saturated carbocycles. The number of carbonyl (C=O) groups is 1. The van der Waals surface area contributed by atoms with Crippen LogP contribution in [-0.4, -0.2) is 79.2 Å². The second-order valence-corrected chi connectivity index (χ2v) is 15.5. The van der Waals surface area contributed by atoms with Crippen molar-refractivity contribution in [2.75, 3.05) is 37.8 Å². The molecule has 0 spiro atoms. The number of halogens is 3. The molecule has 2 bridgehead atoms. The first-order chi connectivity index (χ1) is 25.4. The third-order valence-electron chi connectivity index (χ3n) is 10.3. The van der Waals surface area contributed by atoms with Crippen LogP contribution in [0.5, 0.6) is 0 Å². The summed E-state index contributed by atoms with van der Waals surface area (Å²) in [4.78, 5) is 25.8. The topological polar surface area (TPSA) is 122 Å². The van der Waals surface area contributed by atoms with Gasteiger partial charge in [-0.3, -0.25) is 18.4 Å². The van der Waals surface area contributed by atoms with Crippen molar-refractivity contribution in [3.05, 3.63) is 95.6 Å².